The van der Waals surface area contributed by atoms with E-state index in [1.807, 2.05) is 13.2 Å². The molecular weight excluding hydrogens is 270 g/mol. The van der Waals surface area contributed by atoms with Crippen molar-refractivity contribution in [1.82, 2.24) is 9.97 Å². The topological polar surface area (TPSA) is 58.0 Å². The molecule has 1 aromatic heterocycles. The van der Waals surface area contributed by atoms with E-state index in [1.165, 1.54) is 6.33 Å². The number of thioether (sulfide) groups is 1. The highest BCUT2D eigenvalue weighted by Gasteiger charge is 2.19. The Morgan fingerprint density at radius 1 is 1.39 bits per heavy atom. The molecule has 0 fully saturated rings. The summed E-state index contributed by atoms with van der Waals surface area (Å²) in [6.07, 6.45) is 3.44. The number of rotatable bonds is 6. The van der Waals surface area contributed by atoms with E-state index in [4.69, 9.17) is 11.6 Å². The number of nitrogens with one attached hydrogen (secondary N) is 1. The molecule has 0 aliphatic heterocycles. The Labute approximate surface area is 118 Å². The van der Waals surface area contributed by atoms with E-state index < -0.39 is 0 Å². The standard InChI is InChI=1S/C12H20ClN3OS/c1-7(2)10-11(13)14-6-15-12(10)16-8(3)9(5-17)18-4/h6-9,17H,5H2,1-4H3,(H,14,15,16). The van der Waals surface area contributed by atoms with Crippen molar-refractivity contribution in [3.8, 4) is 0 Å². The monoisotopic (exact) mass is 289 g/mol. The molecule has 0 spiro atoms. The first-order valence-corrected chi connectivity index (χ1v) is 7.58. The van der Waals surface area contributed by atoms with Gasteiger partial charge in [0, 0.05) is 16.9 Å². The molecule has 2 unspecified atom stereocenters. The molecule has 6 heteroatoms. The summed E-state index contributed by atoms with van der Waals surface area (Å²) in [6, 6.07) is 0.105. The molecular formula is C12H20ClN3OS. The fourth-order valence-electron chi connectivity index (χ4n) is 1.75. The lowest BCUT2D eigenvalue weighted by molar-refractivity contribution is 0.288. The highest BCUT2D eigenvalue weighted by atomic mass is 35.5. The predicted octanol–water partition coefficient (Wildman–Crippen LogP) is 2.78. The zero-order valence-corrected chi connectivity index (χ0v) is 12.7. The smallest absolute Gasteiger partial charge is 0.138 e. The van der Waals surface area contributed by atoms with Crippen molar-refractivity contribution in [2.45, 2.75) is 38.0 Å². The quantitative estimate of drug-likeness (QED) is 0.789. The van der Waals surface area contributed by atoms with Gasteiger partial charge in [0.1, 0.15) is 17.3 Å². The van der Waals surface area contributed by atoms with Crippen molar-refractivity contribution < 1.29 is 5.11 Å². The van der Waals surface area contributed by atoms with E-state index in [1.54, 1.807) is 11.8 Å². The summed E-state index contributed by atoms with van der Waals surface area (Å²) in [5.41, 5.74) is 0.920. The van der Waals surface area contributed by atoms with Crippen LogP contribution in [-0.2, 0) is 0 Å². The van der Waals surface area contributed by atoms with Crippen molar-refractivity contribution >= 4 is 29.2 Å². The maximum Gasteiger partial charge on any atom is 0.138 e. The van der Waals surface area contributed by atoms with Crippen molar-refractivity contribution in [1.29, 1.82) is 0 Å². The molecule has 4 nitrogen and oxygen atoms in total. The minimum atomic E-state index is 0.105. The Morgan fingerprint density at radius 2 is 2.06 bits per heavy atom. The van der Waals surface area contributed by atoms with E-state index in [0.29, 0.717) is 5.15 Å². The van der Waals surface area contributed by atoms with Gasteiger partial charge in [-0.2, -0.15) is 11.8 Å². The molecule has 0 amide bonds. The fraction of sp³-hybridized carbons (Fsp3) is 0.667. The average molecular weight is 290 g/mol. The predicted molar refractivity (Wildman–Crippen MR) is 78.6 cm³/mol. The summed E-state index contributed by atoms with van der Waals surface area (Å²) >= 11 is 7.74. The first-order chi connectivity index (χ1) is 8.51. The van der Waals surface area contributed by atoms with Gasteiger partial charge in [0.15, 0.2) is 0 Å². The molecule has 2 N–H and O–H groups in total. The molecule has 1 aromatic rings. The van der Waals surface area contributed by atoms with Gasteiger partial charge in [-0.15, -0.1) is 0 Å². The molecule has 2 atom stereocenters. The van der Waals surface area contributed by atoms with Crippen LogP contribution >= 0.6 is 23.4 Å². The SMILES string of the molecule is CSC(CO)C(C)Nc1ncnc(Cl)c1C(C)C. The summed E-state index contributed by atoms with van der Waals surface area (Å²) in [6.45, 7) is 6.26. The number of hydrogen-bond acceptors (Lipinski definition) is 5. The second-order valence-corrected chi connectivity index (χ2v) is 5.91. The van der Waals surface area contributed by atoms with Crippen molar-refractivity contribution in [2.24, 2.45) is 0 Å². The summed E-state index contributed by atoms with van der Waals surface area (Å²) in [5.74, 6) is 1.00. The van der Waals surface area contributed by atoms with Crippen molar-refractivity contribution in [3.63, 3.8) is 0 Å². The van der Waals surface area contributed by atoms with Gasteiger partial charge in [0.25, 0.3) is 0 Å². The molecule has 0 aromatic carbocycles. The molecule has 0 saturated heterocycles. The second kappa shape index (κ2) is 7.16. The highest BCUT2D eigenvalue weighted by Crippen LogP contribution is 2.29. The van der Waals surface area contributed by atoms with Crippen LogP contribution in [0.1, 0.15) is 32.3 Å². The molecule has 0 saturated carbocycles. The zero-order valence-electron chi connectivity index (χ0n) is 11.1. The third kappa shape index (κ3) is 3.73. The van der Waals surface area contributed by atoms with Gasteiger partial charge < -0.3 is 10.4 Å². The lowest BCUT2D eigenvalue weighted by Gasteiger charge is -2.24. The molecule has 1 heterocycles. The normalized spacial score (nSPS) is 14.6. The minimum absolute atomic E-state index is 0.105. The molecule has 1 rings (SSSR count). The van der Waals surface area contributed by atoms with Gasteiger partial charge in [0.05, 0.1) is 6.61 Å². The van der Waals surface area contributed by atoms with Crippen LogP contribution in [0.5, 0.6) is 0 Å². The van der Waals surface area contributed by atoms with Crippen LogP contribution in [-0.4, -0.2) is 39.2 Å². The average Bonchev–Trinajstić information content (AvgIpc) is 2.30. The lowest BCUT2D eigenvalue weighted by atomic mass is 10.1. The van der Waals surface area contributed by atoms with Crippen LogP contribution in [0, 0.1) is 0 Å². The van der Waals surface area contributed by atoms with Gasteiger partial charge in [-0.05, 0) is 19.1 Å². The molecule has 0 bridgehead atoms. The number of hydrogen-bond donors (Lipinski definition) is 2. The molecule has 18 heavy (non-hydrogen) atoms. The number of anilines is 1. The Morgan fingerprint density at radius 3 is 2.56 bits per heavy atom. The van der Waals surface area contributed by atoms with Crippen LogP contribution in [0.25, 0.3) is 0 Å². The van der Waals surface area contributed by atoms with Gasteiger partial charge >= 0.3 is 0 Å². The van der Waals surface area contributed by atoms with E-state index in [-0.39, 0.29) is 23.8 Å². The van der Waals surface area contributed by atoms with E-state index in [2.05, 4.69) is 29.1 Å². The Kier molecular flexibility index (Phi) is 6.18. The number of nitrogens with zero attached hydrogens (tertiary/aromatic N) is 2. The molecule has 0 aliphatic rings. The summed E-state index contributed by atoms with van der Waals surface area (Å²) in [4.78, 5) is 8.27. The number of aromatic nitrogens is 2. The zero-order chi connectivity index (χ0) is 13.7. The fourth-order valence-corrected chi connectivity index (χ4v) is 2.72. The van der Waals surface area contributed by atoms with Crippen LogP contribution < -0.4 is 5.32 Å². The number of aliphatic hydroxyl groups excluding tert-OH is 1. The number of halogens is 1. The molecule has 0 radical (unpaired) electrons. The van der Waals surface area contributed by atoms with E-state index in [9.17, 15) is 5.11 Å². The third-order valence-corrected chi connectivity index (χ3v) is 4.28. The Hall–Kier alpha value is -0.520. The minimum Gasteiger partial charge on any atom is -0.395 e. The van der Waals surface area contributed by atoms with Crippen LogP contribution in [0.3, 0.4) is 0 Å². The Balaban J connectivity index is 2.93. The van der Waals surface area contributed by atoms with Crippen LogP contribution in [0.15, 0.2) is 6.33 Å². The first-order valence-electron chi connectivity index (χ1n) is 5.91. The first kappa shape index (κ1) is 15.5. The third-order valence-electron chi connectivity index (χ3n) is 2.82. The largest absolute Gasteiger partial charge is 0.395 e. The van der Waals surface area contributed by atoms with Crippen molar-refractivity contribution in [2.75, 3.05) is 18.2 Å². The van der Waals surface area contributed by atoms with Gasteiger partial charge in [-0.1, -0.05) is 25.4 Å². The summed E-state index contributed by atoms with van der Waals surface area (Å²) in [7, 11) is 0. The summed E-state index contributed by atoms with van der Waals surface area (Å²) in [5, 5.41) is 13.2. The van der Waals surface area contributed by atoms with Gasteiger partial charge in [0.2, 0.25) is 0 Å². The van der Waals surface area contributed by atoms with Gasteiger partial charge in [-0.25, -0.2) is 9.97 Å². The maximum absolute atomic E-state index is 9.29. The number of aliphatic hydroxyl groups is 1. The van der Waals surface area contributed by atoms with E-state index in [0.717, 1.165) is 11.4 Å². The second-order valence-electron chi connectivity index (χ2n) is 4.47. The van der Waals surface area contributed by atoms with Crippen LogP contribution in [0.4, 0.5) is 5.82 Å². The lowest BCUT2D eigenvalue weighted by Crippen LogP contribution is -2.31. The maximum atomic E-state index is 9.29. The molecule has 0 aliphatic carbocycles. The molecule has 102 valence electrons. The van der Waals surface area contributed by atoms with E-state index >= 15 is 0 Å². The van der Waals surface area contributed by atoms with Crippen molar-refractivity contribution in [3.05, 3.63) is 17.0 Å². The Bertz CT molecular complexity index is 386. The highest BCUT2D eigenvalue weighted by molar-refractivity contribution is 7.99. The van der Waals surface area contributed by atoms with Crippen LogP contribution in [0.2, 0.25) is 5.15 Å². The summed E-state index contributed by atoms with van der Waals surface area (Å²) < 4.78 is 0. The van der Waals surface area contributed by atoms with Gasteiger partial charge in [-0.3, -0.25) is 0 Å².